The molecule has 0 radical (unpaired) electrons. The molecule has 0 bridgehead atoms. The Bertz CT molecular complexity index is 1690. The zero-order chi connectivity index (χ0) is 28.4. The van der Waals surface area contributed by atoms with E-state index in [4.69, 9.17) is 14.2 Å². The Balaban J connectivity index is 1.66. The fraction of sp³-hybridized carbons (Fsp3) is 0.139. The van der Waals surface area contributed by atoms with Crippen LogP contribution in [0.1, 0.15) is 33.5 Å². The molecule has 204 valence electrons. The summed E-state index contributed by atoms with van der Waals surface area (Å²) in [6.07, 6.45) is 4.02. The second-order valence-corrected chi connectivity index (χ2v) is 9.93. The minimum atomic E-state index is -0.986. The summed E-state index contributed by atoms with van der Waals surface area (Å²) in [6.45, 7) is -0.235. The lowest BCUT2D eigenvalue weighted by Crippen LogP contribution is -2.34. The van der Waals surface area contributed by atoms with Gasteiger partial charge in [-0.1, -0.05) is 78.9 Å². The SMILES string of the molecule is COc1ccc(C2(c3ccc(OC)cc3)C=Cc3c(C(=O)CCO)c(-c4ccccc4)c4ccccc4c3O2)cc1. The molecule has 5 aromatic carbocycles. The maximum Gasteiger partial charge on any atom is 0.178 e. The molecule has 0 aromatic heterocycles. The van der Waals surface area contributed by atoms with E-state index in [1.165, 1.54) is 0 Å². The van der Waals surface area contributed by atoms with Crippen LogP contribution in [-0.2, 0) is 5.60 Å². The lowest BCUT2D eigenvalue weighted by Gasteiger charge is -2.37. The van der Waals surface area contributed by atoms with Crippen molar-refractivity contribution in [3.63, 3.8) is 0 Å². The highest BCUT2D eigenvalue weighted by Crippen LogP contribution is 2.50. The predicted molar refractivity (Wildman–Crippen MR) is 162 cm³/mol. The van der Waals surface area contributed by atoms with Gasteiger partial charge in [0.2, 0.25) is 0 Å². The van der Waals surface area contributed by atoms with Crippen LogP contribution in [0.5, 0.6) is 17.2 Å². The van der Waals surface area contributed by atoms with Crippen molar-refractivity contribution in [1.82, 2.24) is 0 Å². The number of aliphatic hydroxyl groups is 1. The van der Waals surface area contributed by atoms with Gasteiger partial charge >= 0.3 is 0 Å². The molecular weight excluding hydrogens is 512 g/mol. The van der Waals surface area contributed by atoms with Gasteiger partial charge in [-0.15, -0.1) is 0 Å². The number of fused-ring (bicyclic) bond motifs is 3. The van der Waals surface area contributed by atoms with E-state index in [1.54, 1.807) is 14.2 Å². The Hall–Kier alpha value is -4.87. The van der Waals surface area contributed by atoms with Gasteiger partial charge in [0.25, 0.3) is 0 Å². The Kier molecular flexibility index (Phi) is 7.04. The number of rotatable bonds is 8. The third kappa shape index (κ3) is 4.54. The van der Waals surface area contributed by atoms with Gasteiger partial charge < -0.3 is 19.3 Å². The van der Waals surface area contributed by atoms with E-state index in [9.17, 15) is 9.90 Å². The number of benzene rings is 5. The number of ketones is 1. The summed E-state index contributed by atoms with van der Waals surface area (Å²) >= 11 is 0. The van der Waals surface area contributed by atoms with E-state index in [0.717, 1.165) is 44.5 Å². The summed E-state index contributed by atoms with van der Waals surface area (Å²) in [4.78, 5) is 13.7. The van der Waals surface area contributed by atoms with Crippen LogP contribution in [0.3, 0.4) is 0 Å². The zero-order valence-electron chi connectivity index (χ0n) is 23.0. The minimum Gasteiger partial charge on any atom is -0.497 e. The summed E-state index contributed by atoms with van der Waals surface area (Å²) < 4.78 is 18.0. The van der Waals surface area contributed by atoms with Gasteiger partial charge in [-0.3, -0.25) is 4.79 Å². The van der Waals surface area contributed by atoms with Crippen molar-refractivity contribution >= 4 is 22.6 Å². The number of methoxy groups -OCH3 is 2. The first kappa shape index (κ1) is 26.4. The van der Waals surface area contributed by atoms with Crippen LogP contribution in [0, 0.1) is 0 Å². The van der Waals surface area contributed by atoms with Crippen LogP contribution in [0.2, 0.25) is 0 Å². The predicted octanol–water partition coefficient (Wildman–Crippen LogP) is 7.44. The molecule has 41 heavy (non-hydrogen) atoms. The average molecular weight is 543 g/mol. The second-order valence-electron chi connectivity index (χ2n) is 9.93. The normalized spacial score (nSPS) is 13.3. The molecule has 0 spiro atoms. The summed E-state index contributed by atoms with van der Waals surface area (Å²) in [7, 11) is 3.28. The smallest absolute Gasteiger partial charge is 0.178 e. The first-order valence-electron chi connectivity index (χ1n) is 13.5. The van der Waals surface area contributed by atoms with E-state index in [-0.39, 0.29) is 18.8 Å². The third-order valence-electron chi connectivity index (χ3n) is 7.67. The molecular formula is C36H30O5. The van der Waals surface area contributed by atoms with Crippen LogP contribution >= 0.6 is 0 Å². The fourth-order valence-corrected chi connectivity index (χ4v) is 5.67. The maximum atomic E-state index is 13.7. The van der Waals surface area contributed by atoms with Crippen LogP contribution in [-0.4, -0.2) is 31.7 Å². The highest BCUT2D eigenvalue weighted by Gasteiger charge is 2.39. The molecule has 5 nitrogen and oxygen atoms in total. The van der Waals surface area contributed by atoms with Crippen molar-refractivity contribution in [2.45, 2.75) is 12.0 Å². The quantitative estimate of drug-likeness (QED) is 0.207. The number of aliphatic hydroxyl groups excluding tert-OH is 1. The van der Waals surface area contributed by atoms with Crippen molar-refractivity contribution in [1.29, 1.82) is 0 Å². The monoisotopic (exact) mass is 542 g/mol. The zero-order valence-corrected chi connectivity index (χ0v) is 23.0. The van der Waals surface area contributed by atoms with Gasteiger partial charge in [-0.2, -0.15) is 0 Å². The first-order valence-corrected chi connectivity index (χ1v) is 13.5. The molecule has 1 heterocycles. The molecule has 0 atom stereocenters. The third-order valence-corrected chi connectivity index (χ3v) is 7.67. The number of Topliss-reactive ketones (excluding diaryl/α,β-unsaturated/α-hetero) is 1. The number of hydrogen-bond donors (Lipinski definition) is 1. The number of carbonyl (C=O) groups excluding carboxylic acids is 1. The molecule has 1 aliphatic rings. The number of carbonyl (C=O) groups is 1. The topological polar surface area (TPSA) is 65.0 Å². The van der Waals surface area contributed by atoms with Gasteiger partial charge in [0.1, 0.15) is 17.2 Å². The molecule has 0 aliphatic carbocycles. The fourth-order valence-electron chi connectivity index (χ4n) is 5.67. The maximum absolute atomic E-state index is 13.7. The Morgan fingerprint density at radius 2 is 1.32 bits per heavy atom. The van der Waals surface area contributed by atoms with Gasteiger partial charge in [0.05, 0.1) is 20.8 Å². The lowest BCUT2D eigenvalue weighted by molar-refractivity contribution is 0.0955. The lowest BCUT2D eigenvalue weighted by atomic mass is 9.80. The summed E-state index contributed by atoms with van der Waals surface area (Å²) in [5.74, 6) is 1.97. The number of ether oxygens (including phenoxy) is 3. The average Bonchev–Trinajstić information content (AvgIpc) is 3.04. The van der Waals surface area contributed by atoms with Gasteiger partial charge in [-0.25, -0.2) is 0 Å². The molecule has 0 fully saturated rings. The Morgan fingerprint density at radius 1 is 0.756 bits per heavy atom. The minimum absolute atomic E-state index is 0.0144. The summed E-state index contributed by atoms with van der Waals surface area (Å²) in [5, 5.41) is 11.6. The van der Waals surface area contributed by atoms with Crippen molar-refractivity contribution in [2.24, 2.45) is 0 Å². The van der Waals surface area contributed by atoms with Crippen molar-refractivity contribution < 1.29 is 24.1 Å². The van der Waals surface area contributed by atoms with E-state index < -0.39 is 5.60 Å². The molecule has 0 amide bonds. The molecule has 0 saturated carbocycles. The van der Waals surface area contributed by atoms with Crippen LogP contribution in [0.4, 0.5) is 0 Å². The van der Waals surface area contributed by atoms with Crippen LogP contribution < -0.4 is 14.2 Å². The van der Waals surface area contributed by atoms with Gasteiger partial charge in [-0.05, 0) is 47.4 Å². The molecule has 5 heteroatoms. The van der Waals surface area contributed by atoms with Gasteiger partial charge in [0, 0.05) is 39.6 Å². The van der Waals surface area contributed by atoms with Crippen LogP contribution in [0.25, 0.3) is 28.0 Å². The molecule has 6 rings (SSSR count). The Morgan fingerprint density at radius 3 is 1.88 bits per heavy atom. The molecule has 1 aliphatic heterocycles. The van der Waals surface area contributed by atoms with Crippen molar-refractivity contribution in [3.8, 4) is 28.4 Å². The molecule has 5 aromatic rings. The largest absolute Gasteiger partial charge is 0.497 e. The Labute approximate surface area is 239 Å². The van der Waals surface area contributed by atoms with Gasteiger partial charge in [0.15, 0.2) is 11.4 Å². The van der Waals surface area contributed by atoms with E-state index >= 15 is 0 Å². The van der Waals surface area contributed by atoms with Crippen molar-refractivity contribution in [2.75, 3.05) is 20.8 Å². The van der Waals surface area contributed by atoms with E-state index in [1.807, 2.05) is 115 Å². The van der Waals surface area contributed by atoms with Crippen molar-refractivity contribution in [3.05, 3.63) is 131 Å². The molecule has 0 saturated heterocycles. The highest BCUT2D eigenvalue weighted by atomic mass is 16.5. The van der Waals surface area contributed by atoms with E-state index in [2.05, 4.69) is 0 Å². The van der Waals surface area contributed by atoms with Crippen LogP contribution in [0.15, 0.2) is 109 Å². The summed E-state index contributed by atoms with van der Waals surface area (Å²) in [5.41, 5.74) is 3.86. The first-order chi connectivity index (χ1) is 20.1. The number of hydrogen-bond acceptors (Lipinski definition) is 5. The van der Waals surface area contributed by atoms with E-state index in [0.29, 0.717) is 16.9 Å². The summed E-state index contributed by atoms with van der Waals surface area (Å²) in [6, 6.07) is 33.6. The highest BCUT2D eigenvalue weighted by molar-refractivity contribution is 6.16. The molecule has 1 N–H and O–H groups in total. The second kappa shape index (κ2) is 11.0. The standard InChI is InChI=1S/C36H30O5/c1-39-27-16-12-25(13-17-27)36(26-14-18-28(40-2)19-15-26)22-20-31-34(32(38)21-23-37)33(24-8-4-3-5-9-24)29-10-6-7-11-30(29)35(31)41-36/h3-20,22,37H,21,23H2,1-2H3. The molecule has 0 unspecified atom stereocenters.